The Bertz CT molecular complexity index is 93.8. The summed E-state index contributed by atoms with van der Waals surface area (Å²) in [5.74, 6) is 2.62. The third kappa shape index (κ3) is 9.41. The topological polar surface area (TPSA) is 0 Å². The third-order valence-electron chi connectivity index (χ3n) is 2.05. The Morgan fingerprint density at radius 3 is 2.17 bits per heavy atom. The molecule has 0 saturated carbocycles. The van der Waals surface area contributed by atoms with Gasteiger partial charge in [-0.25, -0.2) is 0 Å². The smallest absolute Gasteiger partial charge is 0.0102 e. The second-order valence-electron chi connectivity index (χ2n) is 4.06. The van der Waals surface area contributed by atoms with Crippen LogP contribution >= 0.6 is 0 Å². The van der Waals surface area contributed by atoms with Crippen LogP contribution in [-0.2, 0) is 32.7 Å². The van der Waals surface area contributed by atoms with Gasteiger partial charge in [0.2, 0.25) is 0 Å². The quantitative estimate of drug-likeness (QED) is 0.521. The van der Waals surface area contributed by atoms with Crippen LogP contribution < -0.4 is 0 Å². The summed E-state index contributed by atoms with van der Waals surface area (Å²) < 4.78 is 0. The fourth-order valence-corrected chi connectivity index (χ4v) is 2.77. The van der Waals surface area contributed by atoms with Crippen LogP contribution in [-0.4, -0.2) is 8.80 Å². The van der Waals surface area contributed by atoms with Gasteiger partial charge in [-0.3, -0.25) is 0 Å². The van der Waals surface area contributed by atoms with Crippen molar-refractivity contribution in [1.82, 2.24) is 0 Å². The van der Waals surface area contributed by atoms with E-state index in [1.807, 2.05) is 0 Å². The summed E-state index contributed by atoms with van der Waals surface area (Å²) in [6, 6.07) is 1.41. The van der Waals surface area contributed by atoms with Crippen LogP contribution in [0.25, 0.3) is 0 Å². The van der Waals surface area contributed by atoms with Gasteiger partial charge in [-0.2, -0.15) is 19.4 Å². The number of rotatable bonds is 5. The van der Waals surface area contributed by atoms with E-state index in [2.05, 4.69) is 33.9 Å². The van der Waals surface area contributed by atoms with Crippen molar-refractivity contribution in [2.75, 3.05) is 0 Å². The maximum atomic E-state index is 2.39. The molecule has 0 amide bonds. The molecule has 70 valence electrons. The summed E-state index contributed by atoms with van der Waals surface area (Å²) in [6.07, 6.45) is 2.68. The first-order valence-corrected chi connectivity index (χ1v) is 7.37. The molecule has 0 aromatic carbocycles. The minimum atomic E-state index is -0.0239. The molecule has 2 heteroatoms. The molecule has 0 rings (SSSR count). The van der Waals surface area contributed by atoms with E-state index in [0.29, 0.717) is 0 Å². The molecule has 1 unspecified atom stereocenters. The Morgan fingerprint density at radius 1 is 1.33 bits per heavy atom. The Labute approximate surface area is 105 Å². The van der Waals surface area contributed by atoms with Crippen molar-refractivity contribution >= 4 is 8.80 Å². The summed E-state index contributed by atoms with van der Waals surface area (Å²) in [6.45, 7) is 11.7. The van der Waals surface area contributed by atoms with Crippen molar-refractivity contribution in [2.24, 2.45) is 5.92 Å². The SMILES string of the molecule is CCC(C)C[C-](C)C[Si](C)C.[Y]. The molecule has 0 N–H and O–H groups in total. The van der Waals surface area contributed by atoms with E-state index >= 15 is 0 Å². The normalized spacial score (nSPS) is 13.2. The van der Waals surface area contributed by atoms with Crippen LogP contribution in [0.1, 0.15) is 33.6 Å². The van der Waals surface area contributed by atoms with Crippen molar-refractivity contribution in [3.05, 3.63) is 5.92 Å². The third-order valence-corrected chi connectivity index (χ3v) is 3.36. The molecule has 0 aliphatic carbocycles. The molecule has 0 aliphatic rings. The molecular weight excluding hydrogens is 237 g/mol. The molecule has 0 aliphatic heterocycles. The minimum Gasteiger partial charge on any atom is -0.319 e. The van der Waals surface area contributed by atoms with Crippen LogP contribution in [0.2, 0.25) is 19.1 Å². The average molecular weight is 259 g/mol. The summed E-state index contributed by atoms with van der Waals surface area (Å²) in [5.41, 5.74) is 0. The Kier molecular flexibility index (Phi) is 11.7. The van der Waals surface area contributed by atoms with Crippen LogP contribution in [0.4, 0.5) is 0 Å². The van der Waals surface area contributed by atoms with Crippen molar-refractivity contribution in [1.29, 1.82) is 0 Å². The van der Waals surface area contributed by atoms with E-state index in [0.717, 1.165) is 5.92 Å². The van der Waals surface area contributed by atoms with Gasteiger partial charge < -0.3 is 5.92 Å². The summed E-state index contributed by atoms with van der Waals surface area (Å²) in [4.78, 5) is 0. The Hall–Kier alpha value is 1.32. The van der Waals surface area contributed by atoms with Gasteiger partial charge >= 0.3 is 0 Å². The Morgan fingerprint density at radius 2 is 1.83 bits per heavy atom. The van der Waals surface area contributed by atoms with Gasteiger partial charge in [-0.05, 0) is 0 Å². The number of hydrogen-bond acceptors (Lipinski definition) is 0. The standard InChI is InChI=1S/C10H22Si.Y/c1-6-9(2)7-10(3)8-11(4)5;/h9H,6-8H2,1-5H3;/q-1;. The zero-order valence-electron chi connectivity index (χ0n) is 9.28. The van der Waals surface area contributed by atoms with Crippen LogP contribution in [0, 0.1) is 11.8 Å². The van der Waals surface area contributed by atoms with Gasteiger partial charge in [-0.15, -0.1) is 0 Å². The predicted octanol–water partition coefficient (Wildman–Crippen LogP) is 3.77. The van der Waals surface area contributed by atoms with Crippen LogP contribution in [0.5, 0.6) is 0 Å². The molecule has 0 saturated heterocycles. The van der Waals surface area contributed by atoms with E-state index in [9.17, 15) is 0 Å². The maximum absolute atomic E-state index is 2.39. The van der Waals surface area contributed by atoms with Crippen molar-refractivity contribution < 1.29 is 32.7 Å². The number of hydrogen-bond donors (Lipinski definition) is 0. The van der Waals surface area contributed by atoms with E-state index < -0.39 is 0 Å². The van der Waals surface area contributed by atoms with Crippen molar-refractivity contribution in [3.8, 4) is 0 Å². The second kappa shape index (κ2) is 8.90. The average Bonchev–Trinajstić information content (AvgIpc) is 1.85. The van der Waals surface area contributed by atoms with Gasteiger partial charge in [0, 0.05) is 41.5 Å². The maximum Gasteiger partial charge on any atom is 0.0102 e. The zero-order chi connectivity index (χ0) is 8.85. The largest absolute Gasteiger partial charge is 0.319 e. The van der Waals surface area contributed by atoms with Crippen molar-refractivity contribution in [3.63, 3.8) is 0 Å². The second-order valence-corrected chi connectivity index (χ2v) is 6.83. The van der Waals surface area contributed by atoms with E-state index in [1.54, 1.807) is 5.92 Å². The fourth-order valence-electron chi connectivity index (χ4n) is 1.41. The molecule has 2 radical (unpaired) electrons. The molecule has 0 aromatic rings. The van der Waals surface area contributed by atoms with E-state index in [4.69, 9.17) is 0 Å². The fraction of sp³-hybridized carbons (Fsp3) is 0.900. The first-order valence-electron chi connectivity index (χ1n) is 4.66. The molecule has 0 nitrogen and oxygen atoms in total. The molecule has 0 heterocycles. The molecule has 0 fully saturated rings. The van der Waals surface area contributed by atoms with E-state index in [1.165, 1.54) is 18.9 Å². The van der Waals surface area contributed by atoms with Gasteiger partial charge in [0.15, 0.2) is 0 Å². The van der Waals surface area contributed by atoms with E-state index in [-0.39, 0.29) is 41.5 Å². The van der Waals surface area contributed by atoms with Crippen molar-refractivity contribution in [2.45, 2.75) is 52.8 Å². The van der Waals surface area contributed by atoms with Gasteiger partial charge in [-0.1, -0.05) is 39.3 Å². The van der Waals surface area contributed by atoms with Gasteiger partial charge in [0.05, 0.1) is 0 Å². The summed E-state index contributed by atoms with van der Waals surface area (Å²) in [7, 11) is -0.0239. The molecule has 12 heavy (non-hydrogen) atoms. The molecule has 0 spiro atoms. The van der Waals surface area contributed by atoms with Crippen LogP contribution in [0.15, 0.2) is 0 Å². The van der Waals surface area contributed by atoms with Crippen LogP contribution in [0.3, 0.4) is 0 Å². The first kappa shape index (κ1) is 15.8. The zero-order valence-corrected chi connectivity index (χ0v) is 13.1. The molecule has 1 atom stereocenters. The van der Waals surface area contributed by atoms with Gasteiger partial charge in [0.25, 0.3) is 0 Å². The molecular formula is C10H22SiY-. The Balaban J connectivity index is 0. The molecule has 0 bridgehead atoms. The minimum absolute atomic E-state index is 0. The predicted molar refractivity (Wildman–Crippen MR) is 55.3 cm³/mol. The monoisotopic (exact) mass is 259 g/mol. The first-order chi connectivity index (χ1) is 5.06. The molecule has 0 aromatic heterocycles. The van der Waals surface area contributed by atoms with Gasteiger partial charge in [0.1, 0.15) is 0 Å². The summed E-state index contributed by atoms with van der Waals surface area (Å²) in [5, 5.41) is 0. The summed E-state index contributed by atoms with van der Waals surface area (Å²) >= 11 is 0.